The Morgan fingerprint density at radius 1 is 0.508 bits per heavy atom. The van der Waals surface area contributed by atoms with Gasteiger partial charge in [0.15, 0.2) is 0 Å². The van der Waals surface area contributed by atoms with Gasteiger partial charge >= 0.3 is 11.9 Å². The molecular formula is C46H71ClN6O6. The molecule has 2 aliphatic carbocycles. The van der Waals surface area contributed by atoms with Crippen molar-refractivity contribution >= 4 is 47.5 Å². The lowest BCUT2D eigenvalue weighted by Crippen LogP contribution is -2.56. The number of halogens is 1. The highest BCUT2D eigenvalue weighted by Crippen LogP contribution is 2.31. The molecule has 0 radical (unpaired) electrons. The molecule has 12 nitrogen and oxygen atoms in total. The average Bonchev–Trinajstić information content (AvgIpc) is 3.25. The van der Waals surface area contributed by atoms with Crippen LogP contribution in [0.5, 0.6) is 0 Å². The average molecular weight is 840 g/mol. The summed E-state index contributed by atoms with van der Waals surface area (Å²) < 4.78 is 10.6. The Balaban J connectivity index is 0.000000256. The number of carbonyl (C=O) groups excluding carboxylic acids is 4. The van der Waals surface area contributed by atoms with Crippen LogP contribution in [0, 0.1) is 0 Å². The van der Waals surface area contributed by atoms with Gasteiger partial charge in [-0.3, -0.25) is 19.4 Å². The zero-order valence-electron chi connectivity index (χ0n) is 36.2. The number of piperazine rings is 2. The van der Waals surface area contributed by atoms with Crippen molar-refractivity contribution in [2.75, 3.05) is 88.5 Å². The van der Waals surface area contributed by atoms with E-state index in [0.717, 1.165) is 115 Å². The molecule has 4 fully saturated rings. The van der Waals surface area contributed by atoms with Crippen molar-refractivity contribution in [2.24, 2.45) is 0 Å². The van der Waals surface area contributed by atoms with Crippen LogP contribution in [-0.4, -0.2) is 123 Å². The Kier molecular flexibility index (Phi) is 19.3. The molecule has 6 rings (SSSR count). The zero-order valence-corrected chi connectivity index (χ0v) is 37.1. The predicted molar refractivity (Wildman–Crippen MR) is 238 cm³/mol. The van der Waals surface area contributed by atoms with Crippen molar-refractivity contribution in [3.05, 3.63) is 59.7 Å². The van der Waals surface area contributed by atoms with Crippen molar-refractivity contribution in [2.45, 2.75) is 116 Å². The first-order chi connectivity index (χ1) is 28.2. The summed E-state index contributed by atoms with van der Waals surface area (Å²) in [6.07, 6.45) is 10.9. The summed E-state index contributed by atoms with van der Waals surface area (Å²) >= 11 is 0. The summed E-state index contributed by atoms with van der Waals surface area (Å²) in [7, 11) is 0. The Bertz CT molecular complexity index is 1480. The lowest BCUT2D eigenvalue weighted by atomic mass is 9.81. The zero-order chi connectivity index (χ0) is 41.4. The van der Waals surface area contributed by atoms with E-state index in [2.05, 4.69) is 44.1 Å². The first-order valence-electron chi connectivity index (χ1n) is 22.3. The predicted octanol–water partition coefficient (Wildman–Crippen LogP) is 6.85. The first-order valence-corrected chi connectivity index (χ1v) is 22.3. The quantitative estimate of drug-likeness (QED) is 0.196. The number of rotatable bonds is 14. The molecule has 0 spiro atoms. The molecule has 2 saturated heterocycles. The number of anilines is 2. The molecule has 328 valence electrons. The minimum absolute atomic E-state index is 0. The van der Waals surface area contributed by atoms with E-state index >= 15 is 0 Å². The van der Waals surface area contributed by atoms with Crippen LogP contribution < -0.4 is 20.4 Å². The van der Waals surface area contributed by atoms with Crippen molar-refractivity contribution in [1.29, 1.82) is 0 Å². The lowest BCUT2D eigenvalue weighted by Gasteiger charge is -2.36. The number of hydrogen-bond acceptors (Lipinski definition) is 10. The van der Waals surface area contributed by atoms with Gasteiger partial charge in [0.1, 0.15) is 11.1 Å². The molecule has 0 atom stereocenters. The number of ether oxygens (including phenoxy) is 2. The molecule has 2 aliphatic heterocycles. The first kappa shape index (κ1) is 47.8. The van der Waals surface area contributed by atoms with Crippen LogP contribution in [0.1, 0.15) is 125 Å². The third-order valence-corrected chi connectivity index (χ3v) is 12.3. The summed E-state index contributed by atoms with van der Waals surface area (Å²) in [5.41, 5.74) is 1.73. The van der Waals surface area contributed by atoms with Gasteiger partial charge in [-0.2, -0.15) is 0 Å². The lowest BCUT2D eigenvalue weighted by molar-refractivity contribution is -0.153. The van der Waals surface area contributed by atoms with Crippen molar-refractivity contribution in [3.63, 3.8) is 0 Å². The molecule has 59 heavy (non-hydrogen) atoms. The van der Waals surface area contributed by atoms with E-state index < -0.39 is 11.1 Å². The van der Waals surface area contributed by atoms with Crippen LogP contribution in [0.2, 0.25) is 0 Å². The normalized spacial score (nSPS) is 19.3. The van der Waals surface area contributed by atoms with E-state index in [1.165, 1.54) is 12.8 Å². The molecule has 2 N–H and O–H groups in total. The Morgan fingerprint density at radius 2 is 0.831 bits per heavy atom. The van der Waals surface area contributed by atoms with Gasteiger partial charge in [0.05, 0.1) is 13.2 Å². The smallest absolute Gasteiger partial charge is 0.331 e. The van der Waals surface area contributed by atoms with Gasteiger partial charge in [-0.25, -0.2) is 9.59 Å². The minimum Gasteiger partial charge on any atom is -0.464 e. The molecule has 2 amide bonds. The van der Waals surface area contributed by atoms with Crippen molar-refractivity contribution < 1.29 is 28.7 Å². The van der Waals surface area contributed by atoms with Crippen molar-refractivity contribution in [3.8, 4) is 0 Å². The van der Waals surface area contributed by atoms with Crippen LogP contribution >= 0.6 is 12.4 Å². The molecule has 0 bridgehead atoms. The van der Waals surface area contributed by atoms with Gasteiger partial charge in [0.25, 0.3) is 11.8 Å². The fraction of sp³-hybridized carbons (Fsp3) is 0.652. The maximum Gasteiger partial charge on any atom is 0.331 e. The highest BCUT2D eigenvalue weighted by Gasteiger charge is 2.43. The molecule has 2 saturated carbocycles. The van der Waals surface area contributed by atoms with Gasteiger partial charge in [0, 0.05) is 74.9 Å². The van der Waals surface area contributed by atoms with Crippen LogP contribution in [0.4, 0.5) is 11.4 Å². The van der Waals surface area contributed by atoms with Crippen LogP contribution in [0.25, 0.3) is 0 Å². The van der Waals surface area contributed by atoms with E-state index in [9.17, 15) is 19.2 Å². The third kappa shape index (κ3) is 13.1. The molecule has 2 heterocycles. The minimum atomic E-state index is -0.875. The highest BCUT2D eigenvalue weighted by atomic mass is 35.5. The summed E-state index contributed by atoms with van der Waals surface area (Å²) in [4.78, 5) is 60.7. The number of esters is 2. The SMILES string of the molecule is CCCN1CCN(c2ccc(C(=O)NC3(C(=O)OCC)CCCCC3)cc2)CC1.CCCN1CCN(c2ccc(C(=O)NC3(C(=O)OCC)CCCCC3)cc2)CC1.Cl. The molecular weight excluding hydrogens is 768 g/mol. The topological polar surface area (TPSA) is 124 Å². The van der Waals surface area contributed by atoms with Gasteiger partial charge in [-0.1, -0.05) is 52.4 Å². The Morgan fingerprint density at radius 3 is 1.12 bits per heavy atom. The number of nitrogens with zero attached hydrogens (tertiary/aromatic N) is 4. The fourth-order valence-electron chi connectivity index (χ4n) is 8.93. The van der Waals surface area contributed by atoms with Crippen LogP contribution in [0.3, 0.4) is 0 Å². The number of hydrogen-bond donors (Lipinski definition) is 2. The third-order valence-electron chi connectivity index (χ3n) is 12.3. The summed E-state index contributed by atoms with van der Waals surface area (Å²) in [5, 5.41) is 6.04. The van der Waals surface area contributed by atoms with E-state index in [1.54, 1.807) is 13.8 Å². The largest absolute Gasteiger partial charge is 0.464 e. The molecule has 2 aromatic carbocycles. The highest BCUT2D eigenvalue weighted by molar-refractivity contribution is 5.99. The molecule has 4 aliphatic rings. The monoisotopic (exact) mass is 839 g/mol. The number of carbonyl (C=O) groups is 4. The second kappa shape index (κ2) is 23.8. The van der Waals surface area contributed by atoms with Gasteiger partial charge < -0.3 is 29.9 Å². The number of nitrogens with one attached hydrogen (secondary N) is 2. The molecule has 0 unspecified atom stereocenters. The number of amides is 2. The van der Waals surface area contributed by atoms with Gasteiger partial charge in [-0.15, -0.1) is 12.4 Å². The fourth-order valence-corrected chi connectivity index (χ4v) is 8.93. The Labute approximate surface area is 359 Å². The van der Waals surface area contributed by atoms with Gasteiger partial charge in [-0.05, 0) is 114 Å². The van der Waals surface area contributed by atoms with E-state index in [4.69, 9.17) is 9.47 Å². The number of benzene rings is 2. The maximum absolute atomic E-state index is 12.9. The molecule has 13 heteroatoms. The summed E-state index contributed by atoms with van der Waals surface area (Å²) in [5.74, 6) is -0.984. The van der Waals surface area contributed by atoms with E-state index in [1.807, 2.05) is 48.5 Å². The second-order valence-electron chi connectivity index (χ2n) is 16.4. The standard InChI is InChI=1S/2C23H35N3O3.ClH/c2*1-3-14-25-15-17-26(18-16-25)20-10-8-19(9-11-20)21(27)24-23(22(28)29-4-2)12-6-5-7-13-23;/h2*8-11H,3-7,12-18H2,1-2H3,(H,24,27);1H. The summed E-state index contributed by atoms with van der Waals surface area (Å²) in [6.45, 7) is 19.4. The van der Waals surface area contributed by atoms with E-state index in [-0.39, 0.29) is 36.2 Å². The van der Waals surface area contributed by atoms with Gasteiger partial charge in [0.2, 0.25) is 0 Å². The van der Waals surface area contributed by atoms with E-state index in [0.29, 0.717) is 50.0 Å². The second-order valence-corrected chi connectivity index (χ2v) is 16.4. The molecule has 2 aromatic rings. The van der Waals surface area contributed by atoms with Crippen molar-refractivity contribution in [1.82, 2.24) is 20.4 Å². The Hall–Kier alpha value is -3.87. The summed E-state index contributed by atoms with van der Waals surface area (Å²) in [6, 6.07) is 15.5. The van der Waals surface area contributed by atoms with Crippen LogP contribution in [0.15, 0.2) is 48.5 Å². The molecule has 0 aromatic heterocycles. The maximum atomic E-state index is 12.9. The van der Waals surface area contributed by atoms with Crippen LogP contribution in [-0.2, 0) is 19.1 Å².